The Labute approximate surface area is 102 Å². The Morgan fingerprint density at radius 2 is 2.12 bits per heavy atom. The third-order valence-electron chi connectivity index (χ3n) is 3.37. The molecule has 1 fully saturated rings. The van der Waals surface area contributed by atoms with Crippen molar-refractivity contribution in [3.05, 3.63) is 29.8 Å². The van der Waals surface area contributed by atoms with Crippen LogP contribution in [0.4, 0.5) is 0 Å². The quantitative estimate of drug-likeness (QED) is 0.747. The van der Waals surface area contributed by atoms with E-state index in [0.29, 0.717) is 0 Å². The Hall–Kier alpha value is -1.35. The molecular formula is C14H19NO2. The number of nitrogens with zero attached hydrogens (tertiary/aromatic N) is 1. The predicted octanol–water partition coefficient (Wildman–Crippen LogP) is 2.25. The lowest BCUT2D eigenvalue weighted by Gasteiger charge is -2.32. The summed E-state index contributed by atoms with van der Waals surface area (Å²) in [7, 11) is 1.67. The molecule has 0 radical (unpaired) electrons. The van der Waals surface area contributed by atoms with Crippen molar-refractivity contribution in [3.8, 4) is 5.75 Å². The van der Waals surface area contributed by atoms with Gasteiger partial charge in [-0.25, -0.2) is 0 Å². The Morgan fingerprint density at radius 1 is 1.35 bits per heavy atom. The number of benzene rings is 1. The second-order valence-electron chi connectivity index (χ2n) is 4.52. The minimum absolute atomic E-state index is 0.103. The minimum atomic E-state index is 0.103. The second-order valence-corrected chi connectivity index (χ2v) is 4.52. The summed E-state index contributed by atoms with van der Waals surface area (Å²) in [6.45, 7) is 1.88. The number of likely N-dealkylation sites (tertiary alicyclic amines) is 1. The summed E-state index contributed by atoms with van der Waals surface area (Å²) in [5.41, 5.74) is 1.24. The number of rotatable bonds is 4. The third-order valence-corrected chi connectivity index (χ3v) is 3.37. The van der Waals surface area contributed by atoms with Crippen molar-refractivity contribution in [2.45, 2.75) is 31.8 Å². The summed E-state index contributed by atoms with van der Waals surface area (Å²) in [4.78, 5) is 13.3. The highest BCUT2D eigenvalue weighted by atomic mass is 16.5. The molecule has 1 aliphatic heterocycles. The van der Waals surface area contributed by atoms with E-state index in [1.165, 1.54) is 18.4 Å². The number of methoxy groups -OCH3 is 1. The molecule has 0 aromatic heterocycles. The van der Waals surface area contributed by atoms with Gasteiger partial charge in [-0.15, -0.1) is 0 Å². The summed E-state index contributed by atoms with van der Waals surface area (Å²) in [6, 6.07) is 8.17. The van der Waals surface area contributed by atoms with Gasteiger partial charge in [-0.3, -0.25) is 4.90 Å². The Bertz CT molecular complexity index is 361. The van der Waals surface area contributed by atoms with Crippen LogP contribution in [-0.4, -0.2) is 30.9 Å². The van der Waals surface area contributed by atoms with Crippen LogP contribution in [0.5, 0.6) is 5.75 Å². The Balaban J connectivity index is 2.00. The topological polar surface area (TPSA) is 29.5 Å². The first-order valence-corrected chi connectivity index (χ1v) is 6.16. The van der Waals surface area contributed by atoms with Gasteiger partial charge in [0.25, 0.3) is 0 Å². The summed E-state index contributed by atoms with van der Waals surface area (Å²) in [6.07, 6.45) is 4.45. The second kappa shape index (κ2) is 5.82. The number of piperidine rings is 1. The van der Waals surface area contributed by atoms with Crippen LogP contribution in [-0.2, 0) is 11.3 Å². The van der Waals surface area contributed by atoms with Gasteiger partial charge in [0.2, 0.25) is 0 Å². The molecule has 0 amide bonds. The Kier molecular flexibility index (Phi) is 4.15. The summed E-state index contributed by atoms with van der Waals surface area (Å²) < 4.78 is 5.13. The van der Waals surface area contributed by atoms with Crippen LogP contribution in [0.3, 0.4) is 0 Å². The number of hydrogen-bond acceptors (Lipinski definition) is 3. The predicted molar refractivity (Wildman–Crippen MR) is 67.1 cm³/mol. The lowest BCUT2D eigenvalue weighted by Crippen LogP contribution is -2.39. The summed E-state index contributed by atoms with van der Waals surface area (Å²) >= 11 is 0. The largest absolute Gasteiger partial charge is 0.497 e. The molecule has 17 heavy (non-hydrogen) atoms. The van der Waals surface area contributed by atoms with Gasteiger partial charge in [-0.2, -0.15) is 0 Å². The molecule has 1 aromatic carbocycles. The van der Waals surface area contributed by atoms with E-state index in [1.54, 1.807) is 7.11 Å². The van der Waals surface area contributed by atoms with Crippen molar-refractivity contribution in [1.82, 2.24) is 4.90 Å². The van der Waals surface area contributed by atoms with Gasteiger partial charge in [0, 0.05) is 6.54 Å². The van der Waals surface area contributed by atoms with Crippen LogP contribution in [0, 0.1) is 0 Å². The lowest BCUT2D eigenvalue weighted by atomic mass is 10.0. The molecule has 1 atom stereocenters. The summed E-state index contributed by atoms with van der Waals surface area (Å²) in [5.74, 6) is 0.874. The van der Waals surface area contributed by atoms with E-state index in [2.05, 4.69) is 17.0 Å². The number of aldehydes is 1. The maximum Gasteiger partial charge on any atom is 0.137 e. The first kappa shape index (κ1) is 12.1. The van der Waals surface area contributed by atoms with Crippen molar-refractivity contribution < 1.29 is 9.53 Å². The van der Waals surface area contributed by atoms with Crippen LogP contribution in [0.2, 0.25) is 0 Å². The van der Waals surface area contributed by atoms with Gasteiger partial charge in [0.15, 0.2) is 0 Å². The molecule has 3 heteroatoms. The molecule has 0 N–H and O–H groups in total. The van der Waals surface area contributed by atoms with Gasteiger partial charge < -0.3 is 9.53 Å². The monoisotopic (exact) mass is 233 g/mol. The van der Waals surface area contributed by atoms with Crippen LogP contribution in [0.25, 0.3) is 0 Å². The zero-order valence-electron chi connectivity index (χ0n) is 10.3. The van der Waals surface area contributed by atoms with E-state index in [0.717, 1.165) is 31.5 Å². The zero-order valence-corrected chi connectivity index (χ0v) is 10.3. The molecule has 0 bridgehead atoms. The van der Waals surface area contributed by atoms with E-state index in [-0.39, 0.29) is 6.04 Å². The first-order chi connectivity index (χ1) is 8.33. The van der Waals surface area contributed by atoms with Gasteiger partial charge in [0.1, 0.15) is 12.0 Å². The van der Waals surface area contributed by atoms with Crippen LogP contribution >= 0.6 is 0 Å². The fraction of sp³-hybridized carbons (Fsp3) is 0.500. The molecule has 0 aliphatic carbocycles. The van der Waals surface area contributed by atoms with E-state index in [9.17, 15) is 4.79 Å². The van der Waals surface area contributed by atoms with Gasteiger partial charge >= 0.3 is 0 Å². The Morgan fingerprint density at radius 3 is 2.76 bits per heavy atom. The SMILES string of the molecule is COc1ccc(CN2CCCCC2C=O)cc1. The number of ether oxygens (including phenoxy) is 1. The van der Waals surface area contributed by atoms with Crippen molar-refractivity contribution in [3.63, 3.8) is 0 Å². The smallest absolute Gasteiger partial charge is 0.137 e. The van der Waals surface area contributed by atoms with E-state index >= 15 is 0 Å². The standard InChI is InChI=1S/C14H19NO2/c1-17-14-7-5-12(6-8-14)10-15-9-3-2-4-13(15)11-16/h5-8,11,13H,2-4,9-10H2,1H3. The van der Waals surface area contributed by atoms with Crippen LogP contribution in [0.1, 0.15) is 24.8 Å². The fourth-order valence-corrected chi connectivity index (χ4v) is 2.33. The number of hydrogen-bond donors (Lipinski definition) is 0. The molecule has 1 aliphatic rings. The van der Waals surface area contributed by atoms with Crippen molar-refractivity contribution in [2.75, 3.05) is 13.7 Å². The first-order valence-electron chi connectivity index (χ1n) is 6.16. The van der Waals surface area contributed by atoms with Crippen molar-refractivity contribution in [1.29, 1.82) is 0 Å². The van der Waals surface area contributed by atoms with E-state index < -0.39 is 0 Å². The van der Waals surface area contributed by atoms with Gasteiger partial charge in [-0.05, 0) is 37.1 Å². The van der Waals surface area contributed by atoms with Crippen LogP contribution < -0.4 is 4.74 Å². The molecule has 3 nitrogen and oxygen atoms in total. The maximum absolute atomic E-state index is 11.0. The molecule has 1 saturated heterocycles. The highest BCUT2D eigenvalue weighted by molar-refractivity contribution is 5.57. The van der Waals surface area contributed by atoms with Gasteiger partial charge in [0.05, 0.1) is 13.2 Å². The molecule has 92 valence electrons. The fourth-order valence-electron chi connectivity index (χ4n) is 2.33. The molecule has 1 heterocycles. The average molecular weight is 233 g/mol. The van der Waals surface area contributed by atoms with Crippen LogP contribution in [0.15, 0.2) is 24.3 Å². The molecule has 1 unspecified atom stereocenters. The third kappa shape index (κ3) is 3.07. The van der Waals surface area contributed by atoms with Gasteiger partial charge in [-0.1, -0.05) is 18.6 Å². The van der Waals surface area contributed by atoms with E-state index in [4.69, 9.17) is 4.74 Å². The maximum atomic E-state index is 11.0. The highest BCUT2D eigenvalue weighted by Crippen LogP contribution is 2.19. The average Bonchev–Trinajstić information content (AvgIpc) is 2.40. The molecular weight excluding hydrogens is 214 g/mol. The minimum Gasteiger partial charge on any atom is -0.497 e. The zero-order chi connectivity index (χ0) is 12.1. The molecule has 0 spiro atoms. The number of carbonyl (C=O) groups is 1. The number of carbonyl (C=O) groups excluding carboxylic acids is 1. The molecule has 0 saturated carbocycles. The molecule has 2 rings (SSSR count). The lowest BCUT2D eigenvalue weighted by molar-refractivity contribution is -0.113. The van der Waals surface area contributed by atoms with Crippen molar-refractivity contribution in [2.24, 2.45) is 0 Å². The summed E-state index contributed by atoms with van der Waals surface area (Å²) in [5, 5.41) is 0. The highest BCUT2D eigenvalue weighted by Gasteiger charge is 2.21. The molecule has 1 aromatic rings. The van der Waals surface area contributed by atoms with Crippen molar-refractivity contribution >= 4 is 6.29 Å². The van der Waals surface area contributed by atoms with E-state index in [1.807, 2.05) is 12.1 Å². The normalized spacial score (nSPS) is 21.1.